The van der Waals surface area contributed by atoms with E-state index in [0.717, 1.165) is 17.5 Å². The molecule has 1 amide bonds. The van der Waals surface area contributed by atoms with Gasteiger partial charge in [-0.1, -0.05) is 106 Å². The third-order valence-corrected chi connectivity index (χ3v) is 6.41. The molecule has 0 atom stereocenters. The van der Waals surface area contributed by atoms with E-state index >= 15 is 0 Å². The van der Waals surface area contributed by atoms with Gasteiger partial charge in [-0.05, 0) is 48.6 Å². The minimum atomic E-state index is -1.50. The number of aromatic nitrogens is 2. The van der Waals surface area contributed by atoms with Crippen molar-refractivity contribution >= 4 is 49.4 Å². The SMILES string of the molecule is CC(C)(C)CC(C)(C)NC(=O)O.N.N.O=[N+]([O-])O.[Cl-].[Pt+4].c1ccc2c(c1)cnc1ccccc12.c1ccc2c(c1)cnc1ccccc12. The molecule has 4 aromatic carbocycles. The molecule has 0 aliphatic carbocycles. The summed E-state index contributed by atoms with van der Waals surface area (Å²) in [6, 6.07) is 33.1. The molecule has 0 unspecified atom stereocenters. The average Bonchev–Trinajstić information content (AvgIpc) is 2.95. The number of amides is 1. The van der Waals surface area contributed by atoms with Gasteiger partial charge >= 0.3 is 27.2 Å². The third kappa shape index (κ3) is 14.6. The number of nitrogens with zero attached hydrogens (tertiary/aromatic N) is 3. The van der Waals surface area contributed by atoms with Crippen molar-refractivity contribution in [2.45, 2.75) is 46.6 Å². The summed E-state index contributed by atoms with van der Waals surface area (Å²) in [7, 11) is 0. The molecule has 11 nitrogen and oxygen atoms in total. The summed E-state index contributed by atoms with van der Waals surface area (Å²) < 4.78 is 0. The van der Waals surface area contributed by atoms with Crippen molar-refractivity contribution in [2.75, 3.05) is 0 Å². The van der Waals surface area contributed by atoms with Gasteiger partial charge in [0.1, 0.15) is 0 Å². The molecule has 2 aromatic heterocycles. The van der Waals surface area contributed by atoms with E-state index in [1.165, 1.54) is 32.3 Å². The van der Waals surface area contributed by atoms with Gasteiger partial charge in [-0.3, -0.25) is 9.97 Å². The molecule has 0 saturated heterocycles. The summed E-state index contributed by atoms with van der Waals surface area (Å²) in [6.07, 6.45) is 3.73. The van der Waals surface area contributed by atoms with E-state index < -0.39 is 11.2 Å². The largest absolute Gasteiger partial charge is 4.00 e. The Hall–Kier alpha value is -4.41. The fourth-order valence-corrected chi connectivity index (χ4v) is 5.28. The second kappa shape index (κ2) is 20.7. The van der Waals surface area contributed by atoms with Gasteiger partial charge < -0.3 is 40.3 Å². The van der Waals surface area contributed by atoms with Crippen LogP contribution in [0.15, 0.2) is 109 Å². The molecule has 48 heavy (non-hydrogen) atoms. The zero-order valence-corrected chi connectivity index (χ0v) is 30.7. The van der Waals surface area contributed by atoms with Crippen LogP contribution >= 0.6 is 0 Å². The second-order valence-electron chi connectivity index (χ2n) is 12.0. The minimum Gasteiger partial charge on any atom is -1.00 e. The van der Waals surface area contributed by atoms with Gasteiger partial charge in [-0.2, -0.15) is 0 Å². The van der Waals surface area contributed by atoms with E-state index in [2.05, 4.69) is 96.7 Å². The molecule has 6 aromatic rings. The van der Waals surface area contributed by atoms with Crippen molar-refractivity contribution in [1.29, 1.82) is 0 Å². The number of hydrogen-bond acceptors (Lipinski definition) is 7. The molecule has 0 fully saturated rings. The first-order valence-corrected chi connectivity index (χ1v) is 14.1. The molecule has 2 heterocycles. The normalized spacial score (nSPS) is 10.0. The van der Waals surface area contributed by atoms with Crippen molar-refractivity contribution in [3.05, 3.63) is 120 Å². The van der Waals surface area contributed by atoms with Crippen LogP contribution in [-0.4, -0.2) is 37.0 Å². The molecule has 9 N–H and O–H groups in total. The van der Waals surface area contributed by atoms with Gasteiger partial charge in [0.2, 0.25) is 0 Å². The summed E-state index contributed by atoms with van der Waals surface area (Å²) in [4.78, 5) is 27.6. The Morgan fingerprint density at radius 2 is 1.02 bits per heavy atom. The number of carbonyl (C=O) groups is 1. The van der Waals surface area contributed by atoms with E-state index in [0.29, 0.717) is 0 Å². The van der Waals surface area contributed by atoms with Gasteiger partial charge in [0.15, 0.2) is 0 Å². The number of rotatable bonds is 2. The van der Waals surface area contributed by atoms with Gasteiger partial charge in [-0.15, -0.1) is 10.1 Å². The van der Waals surface area contributed by atoms with Crippen molar-refractivity contribution in [3.8, 4) is 0 Å². The number of carboxylic acid groups (broad SMARTS) is 1. The van der Waals surface area contributed by atoms with E-state index in [1.54, 1.807) is 0 Å². The fraction of sp³-hybridized carbons (Fsp3) is 0.229. The van der Waals surface area contributed by atoms with Gasteiger partial charge in [0, 0.05) is 39.5 Å². The van der Waals surface area contributed by atoms with Crippen LogP contribution in [0, 0.1) is 15.5 Å². The Labute approximate surface area is 301 Å². The van der Waals surface area contributed by atoms with Gasteiger partial charge in [0.05, 0.1) is 11.0 Å². The molecule has 13 heteroatoms. The Bertz CT molecular complexity index is 1660. The Balaban J connectivity index is 0. The number of pyridine rings is 2. The summed E-state index contributed by atoms with van der Waals surface area (Å²) in [6.45, 7) is 10.1. The van der Waals surface area contributed by atoms with Crippen molar-refractivity contribution in [3.63, 3.8) is 0 Å². The standard InChI is InChI=1S/2C13H9N.C9H19NO2.ClH.HNO3.2H3N.Pt/c2*1-2-6-11-10(5-1)9-14-13-8-4-3-7-12(11)13;1-8(2,3)6-9(4,5)10-7(11)12;;2-1(3)4;;;/h2*1-9H;10H,6H2,1-5H3,(H,11,12);1H;(H,2,3,4);2*1H3;/q;;;;;;;+4/p-1. The molecular formula is C35H44ClN6O5Pt+3. The number of fused-ring (bicyclic) bond motifs is 6. The number of halogens is 1. The third-order valence-electron chi connectivity index (χ3n) is 6.41. The van der Waals surface area contributed by atoms with Crippen molar-refractivity contribution in [2.24, 2.45) is 5.41 Å². The fourth-order valence-electron chi connectivity index (χ4n) is 5.28. The molecule has 258 valence electrons. The Morgan fingerprint density at radius 1 is 0.708 bits per heavy atom. The van der Waals surface area contributed by atoms with Crippen LogP contribution in [-0.2, 0) is 21.1 Å². The van der Waals surface area contributed by atoms with Gasteiger partial charge in [0.25, 0.3) is 5.09 Å². The topological polar surface area (TPSA) is 208 Å². The molecule has 6 rings (SSSR count). The van der Waals surface area contributed by atoms with Crippen LogP contribution in [0.25, 0.3) is 43.4 Å². The van der Waals surface area contributed by atoms with Crippen molar-refractivity contribution in [1.82, 2.24) is 27.6 Å². The van der Waals surface area contributed by atoms with Crippen LogP contribution in [0.5, 0.6) is 0 Å². The Kier molecular flexibility index (Phi) is 19.8. The first kappa shape index (κ1) is 45.7. The Morgan fingerprint density at radius 3 is 1.35 bits per heavy atom. The van der Waals surface area contributed by atoms with E-state index in [9.17, 15) is 4.79 Å². The van der Waals surface area contributed by atoms with Crippen LogP contribution in [0.4, 0.5) is 4.79 Å². The molecule has 0 bridgehead atoms. The predicted molar refractivity (Wildman–Crippen MR) is 187 cm³/mol. The predicted octanol–water partition coefficient (Wildman–Crippen LogP) is 6.22. The average molecular weight is 859 g/mol. The first-order chi connectivity index (χ1) is 20.8. The summed E-state index contributed by atoms with van der Waals surface area (Å²) >= 11 is 0. The van der Waals surface area contributed by atoms with Crippen LogP contribution in [0.2, 0.25) is 0 Å². The maximum Gasteiger partial charge on any atom is 4.00 e. The quantitative estimate of drug-likeness (QED) is 0.0760. The molecule has 0 aliphatic heterocycles. The van der Waals surface area contributed by atoms with E-state index in [-0.39, 0.29) is 56.7 Å². The number of nitrogens with one attached hydrogen (secondary N) is 1. The molecule has 0 spiro atoms. The minimum absolute atomic E-state index is 0. The zero-order chi connectivity index (χ0) is 32.3. The number of hydrogen-bond donors (Lipinski definition) is 5. The van der Waals surface area contributed by atoms with E-state index in [4.69, 9.17) is 20.4 Å². The molecule has 0 radical (unpaired) electrons. The molecule has 0 saturated carbocycles. The smallest absolute Gasteiger partial charge is 1.00 e. The van der Waals surface area contributed by atoms with Crippen molar-refractivity contribution < 1.29 is 53.7 Å². The van der Waals surface area contributed by atoms with Crippen LogP contribution in [0.1, 0.15) is 41.0 Å². The maximum absolute atomic E-state index is 10.4. The first-order valence-electron chi connectivity index (χ1n) is 14.1. The maximum atomic E-state index is 10.4. The van der Waals surface area contributed by atoms with Crippen LogP contribution in [0.3, 0.4) is 0 Å². The summed E-state index contributed by atoms with van der Waals surface area (Å²) in [5.74, 6) is 0. The second-order valence-corrected chi connectivity index (χ2v) is 12.0. The molecular weight excluding hydrogens is 815 g/mol. The monoisotopic (exact) mass is 858 g/mol. The summed E-state index contributed by atoms with van der Waals surface area (Å²) in [5.41, 5.74) is 1.92. The van der Waals surface area contributed by atoms with E-state index in [1.807, 2.05) is 62.6 Å². The summed E-state index contributed by atoms with van der Waals surface area (Å²) in [5, 5.41) is 32.1. The van der Waals surface area contributed by atoms with Gasteiger partial charge in [-0.25, -0.2) is 4.79 Å². The number of benzene rings is 4. The zero-order valence-electron chi connectivity index (χ0n) is 27.7. The molecule has 0 aliphatic rings. The van der Waals surface area contributed by atoms with Crippen LogP contribution < -0.4 is 30.0 Å². The number of para-hydroxylation sites is 2.